The number of anilines is 1. The Morgan fingerprint density at radius 3 is 2.65 bits per heavy atom. The standard InChI is InChI=1S/C10H17ClN4O2/c1-4-7(16)5-12-9-13-8(11)14-10(15-9)17-6(2)3/h6-7,16H,4-5H2,1-3H3,(H,12,13,14,15). The van der Waals surface area contributed by atoms with Crippen LogP contribution in [0.15, 0.2) is 0 Å². The lowest BCUT2D eigenvalue weighted by Crippen LogP contribution is -2.20. The van der Waals surface area contributed by atoms with Gasteiger partial charge in [0.1, 0.15) is 0 Å². The second kappa shape index (κ2) is 6.56. The normalized spacial score (nSPS) is 12.6. The predicted molar refractivity (Wildman–Crippen MR) is 65.4 cm³/mol. The van der Waals surface area contributed by atoms with Crippen molar-refractivity contribution < 1.29 is 9.84 Å². The Balaban J connectivity index is 2.68. The van der Waals surface area contributed by atoms with Crippen LogP contribution in [0.3, 0.4) is 0 Å². The molecule has 17 heavy (non-hydrogen) atoms. The van der Waals surface area contributed by atoms with Crippen molar-refractivity contribution in [1.29, 1.82) is 0 Å². The van der Waals surface area contributed by atoms with E-state index in [1.54, 1.807) is 0 Å². The van der Waals surface area contributed by atoms with E-state index in [1.807, 2.05) is 20.8 Å². The number of rotatable bonds is 6. The van der Waals surface area contributed by atoms with Crippen LogP contribution in [0.1, 0.15) is 27.2 Å². The van der Waals surface area contributed by atoms with Gasteiger partial charge in [0, 0.05) is 6.54 Å². The molecule has 0 amide bonds. The highest BCUT2D eigenvalue weighted by Gasteiger charge is 2.08. The summed E-state index contributed by atoms with van der Waals surface area (Å²) in [5.41, 5.74) is 0. The van der Waals surface area contributed by atoms with Gasteiger partial charge in [-0.15, -0.1) is 0 Å². The number of aliphatic hydroxyl groups is 1. The summed E-state index contributed by atoms with van der Waals surface area (Å²) in [6, 6.07) is 0.175. The SMILES string of the molecule is CCC(O)CNc1nc(Cl)nc(OC(C)C)n1. The fourth-order valence-corrected chi connectivity index (χ4v) is 1.18. The zero-order chi connectivity index (χ0) is 12.8. The van der Waals surface area contributed by atoms with E-state index in [-0.39, 0.29) is 17.4 Å². The summed E-state index contributed by atoms with van der Waals surface area (Å²) in [6.45, 7) is 5.98. The summed E-state index contributed by atoms with van der Waals surface area (Å²) < 4.78 is 5.32. The maximum Gasteiger partial charge on any atom is 0.322 e. The van der Waals surface area contributed by atoms with Gasteiger partial charge < -0.3 is 15.2 Å². The molecule has 0 saturated heterocycles. The Morgan fingerprint density at radius 1 is 1.35 bits per heavy atom. The van der Waals surface area contributed by atoms with Gasteiger partial charge in [-0.25, -0.2) is 0 Å². The number of hydrogen-bond donors (Lipinski definition) is 2. The molecule has 1 aromatic heterocycles. The van der Waals surface area contributed by atoms with Crippen LogP contribution in [-0.2, 0) is 0 Å². The summed E-state index contributed by atoms with van der Waals surface area (Å²) in [6.07, 6.45) is 0.170. The van der Waals surface area contributed by atoms with Crippen molar-refractivity contribution in [1.82, 2.24) is 15.0 Å². The fourth-order valence-electron chi connectivity index (χ4n) is 1.03. The molecule has 1 rings (SSSR count). The minimum atomic E-state index is -0.444. The molecule has 0 aromatic carbocycles. The van der Waals surface area contributed by atoms with E-state index >= 15 is 0 Å². The lowest BCUT2D eigenvalue weighted by molar-refractivity contribution is 0.183. The van der Waals surface area contributed by atoms with Gasteiger partial charge in [0.25, 0.3) is 0 Å². The van der Waals surface area contributed by atoms with Gasteiger partial charge in [0.2, 0.25) is 11.2 Å². The van der Waals surface area contributed by atoms with Crippen LogP contribution in [0.5, 0.6) is 6.01 Å². The average molecular weight is 261 g/mol. The van der Waals surface area contributed by atoms with Gasteiger partial charge in [-0.1, -0.05) is 6.92 Å². The van der Waals surface area contributed by atoms with Gasteiger partial charge in [0.15, 0.2) is 0 Å². The Kier molecular flexibility index (Phi) is 5.37. The number of nitrogens with zero attached hydrogens (tertiary/aromatic N) is 3. The van der Waals surface area contributed by atoms with E-state index in [1.165, 1.54) is 0 Å². The molecule has 0 saturated carbocycles. The van der Waals surface area contributed by atoms with Gasteiger partial charge in [-0.3, -0.25) is 0 Å². The fraction of sp³-hybridized carbons (Fsp3) is 0.700. The minimum absolute atomic E-state index is 0.0393. The smallest absolute Gasteiger partial charge is 0.322 e. The summed E-state index contributed by atoms with van der Waals surface area (Å²) >= 11 is 5.74. The molecule has 0 fully saturated rings. The van der Waals surface area contributed by atoms with Crippen molar-refractivity contribution in [3.05, 3.63) is 5.28 Å². The summed E-state index contributed by atoms with van der Waals surface area (Å²) in [4.78, 5) is 11.8. The number of halogens is 1. The number of aliphatic hydroxyl groups excluding tert-OH is 1. The second-order valence-corrected chi connectivity index (χ2v) is 4.16. The van der Waals surface area contributed by atoms with Crippen molar-refractivity contribution in [3.63, 3.8) is 0 Å². The van der Waals surface area contributed by atoms with E-state index in [2.05, 4.69) is 20.3 Å². The van der Waals surface area contributed by atoms with Crippen molar-refractivity contribution >= 4 is 17.5 Å². The molecule has 0 bridgehead atoms. The Bertz CT molecular complexity index is 362. The third kappa shape index (κ3) is 5.14. The Morgan fingerprint density at radius 2 is 2.06 bits per heavy atom. The molecule has 0 spiro atoms. The zero-order valence-corrected chi connectivity index (χ0v) is 10.9. The summed E-state index contributed by atoms with van der Waals surface area (Å²) in [5, 5.41) is 12.3. The van der Waals surface area contributed by atoms with Crippen LogP contribution in [0.2, 0.25) is 5.28 Å². The van der Waals surface area contributed by atoms with Gasteiger partial charge >= 0.3 is 6.01 Å². The van der Waals surface area contributed by atoms with Crippen molar-refractivity contribution in [2.75, 3.05) is 11.9 Å². The molecule has 6 nitrogen and oxygen atoms in total. The van der Waals surface area contributed by atoms with Crippen LogP contribution in [0, 0.1) is 0 Å². The molecule has 1 aromatic rings. The highest BCUT2D eigenvalue weighted by molar-refractivity contribution is 6.28. The van der Waals surface area contributed by atoms with Gasteiger partial charge in [-0.05, 0) is 31.9 Å². The van der Waals surface area contributed by atoms with Gasteiger partial charge in [-0.2, -0.15) is 15.0 Å². The van der Waals surface area contributed by atoms with Crippen LogP contribution in [-0.4, -0.2) is 38.8 Å². The highest BCUT2D eigenvalue weighted by Crippen LogP contribution is 2.12. The Hall–Kier alpha value is -1.14. The first-order chi connectivity index (χ1) is 8.01. The first-order valence-electron chi connectivity index (χ1n) is 5.51. The van der Waals surface area contributed by atoms with E-state index in [0.717, 1.165) is 0 Å². The topological polar surface area (TPSA) is 80.2 Å². The first kappa shape index (κ1) is 13.9. The molecule has 1 unspecified atom stereocenters. The lowest BCUT2D eigenvalue weighted by atomic mass is 10.3. The van der Waals surface area contributed by atoms with E-state index in [0.29, 0.717) is 18.9 Å². The van der Waals surface area contributed by atoms with Crippen LogP contribution in [0.4, 0.5) is 5.95 Å². The molecule has 0 aliphatic rings. The van der Waals surface area contributed by atoms with Crippen LogP contribution >= 0.6 is 11.6 Å². The number of ether oxygens (including phenoxy) is 1. The highest BCUT2D eigenvalue weighted by atomic mass is 35.5. The average Bonchev–Trinajstić information content (AvgIpc) is 2.24. The van der Waals surface area contributed by atoms with Crippen LogP contribution in [0.25, 0.3) is 0 Å². The number of hydrogen-bond acceptors (Lipinski definition) is 6. The molecule has 96 valence electrons. The first-order valence-corrected chi connectivity index (χ1v) is 5.89. The van der Waals surface area contributed by atoms with Gasteiger partial charge in [0.05, 0.1) is 12.2 Å². The predicted octanol–water partition coefficient (Wildman–Crippen LogP) is 1.49. The van der Waals surface area contributed by atoms with E-state index in [4.69, 9.17) is 16.3 Å². The summed E-state index contributed by atoms with van der Waals surface area (Å²) in [5.74, 6) is 0.299. The van der Waals surface area contributed by atoms with Crippen molar-refractivity contribution in [3.8, 4) is 6.01 Å². The molecule has 1 heterocycles. The quantitative estimate of drug-likeness (QED) is 0.807. The largest absolute Gasteiger partial charge is 0.461 e. The van der Waals surface area contributed by atoms with Crippen LogP contribution < -0.4 is 10.1 Å². The molecule has 2 N–H and O–H groups in total. The minimum Gasteiger partial charge on any atom is -0.461 e. The van der Waals surface area contributed by atoms with E-state index < -0.39 is 6.10 Å². The third-order valence-corrected chi connectivity index (χ3v) is 2.06. The molecule has 0 radical (unpaired) electrons. The zero-order valence-electron chi connectivity index (χ0n) is 10.1. The lowest BCUT2D eigenvalue weighted by Gasteiger charge is -2.11. The molecular formula is C10H17ClN4O2. The molecule has 7 heteroatoms. The maximum absolute atomic E-state index is 9.41. The van der Waals surface area contributed by atoms with E-state index in [9.17, 15) is 5.11 Å². The molecule has 0 aliphatic heterocycles. The third-order valence-electron chi connectivity index (χ3n) is 1.90. The molecular weight excluding hydrogens is 244 g/mol. The van der Waals surface area contributed by atoms with Crippen molar-refractivity contribution in [2.24, 2.45) is 0 Å². The number of nitrogens with one attached hydrogen (secondary N) is 1. The molecule has 1 atom stereocenters. The summed E-state index contributed by atoms with van der Waals surface area (Å²) in [7, 11) is 0. The Labute approximate surface area is 105 Å². The monoisotopic (exact) mass is 260 g/mol. The second-order valence-electron chi connectivity index (χ2n) is 3.82. The number of aromatic nitrogens is 3. The maximum atomic E-state index is 9.41. The van der Waals surface area contributed by atoms with Crippen molar-refractivity contribution in [2.45, 2.75) is 39.4 Å². The molecule has 0 aliphatic carbocycles.